The van der Waals surface area contributed by atoms with Crippen LogP contribution in [0.15, 0.2) is 24.3 Å². The molecule has 3 amide bonds. The van der Waals surface area contributed by atoms with E-state index in [0.717, 1.165) is 11.8 Å². The summed E-state index contributed by atoms with van der Waals surface area (Å²) in [7, 11) is 0. The van der Waals surface area contributed by atoms with E-state index in [4.69, 9.17) is 11.6 Å². The number of hydrogen-bond acceptors (Lipinski definition) is 4. The number of imide groups is 1. The van der Waals surface area contributed by atoms with Crippen LogP contribution < -0.4 is 10.6 Å². The van der Waals surface area contributed by atoms with Crippen LogP contribution in [0.5, 0.6) is 0 Å². The van der Waals surface area contributed by atoms with E-state index in [2.05, 4.69) is 10.6 Å². The van der Waals surface area contributed by atoms with Gasteiger partial charge in [-0.15, -0.1) is 0 Å². The fourth-order valence-corrected chi connectivity index (χ4v) is 2.39. The summed E-state index contributed by atoms with van der Waals surface area (Å²) in [5, 5.41) is 4.27. The van der Waals surface area contributed by atoms with Crippen molar-refractivity contribution < 1.29 is 14.4 Å². The topological polar surface area (TPSA) is 75.3 Å². The number of halogens is 1. The highest BCUT2D eigenvalue weighted by Gasteiger charge is 2.33. The quantitative estimate of drug-likeness (QED) is 0.890. The van der Waals surface area contributed by atoms with E-state index in [0.29, 0.717) is 10.7 Å². The van der Waals surface area contributed by atoms with Crippen molar-refractivity contribution in [3.8, 4) is 0 Å². The van der Waals surface area contributed by atoms with E-state index < -0.39 is 16.4 Å². The first-order valence-electron chi connectivity index (χ1n) is 5.11. The number of carbonyl (C=O) groups excluding carboxylic acids is 3. The number of anilines is 1. The van der Waals surface area contributed by atoms with Crippen molar-refractivity contribution in [2.24, 2.45) is 0 Å². The average Bonchev–Trinajstić information content (AvgIpc) is 2.61. The predicted octanol–water partition coefficient (Wildman–Crippen LogP) is 2.02. The van der Waals surface area contributed by atoms with Gasteiger partial charge in [-0.2, -0.15) is 0 Å². The third-order valence-electron chi connectivity index (χ3n) is 2.27. The number of benzene rings is 1. The molecule has 1 fully saturated rings. The van der Waals surface area contributed by atoms with E-state index >= 15 is 0 Å². The smallest absolute Gasteiger partial charge is 0.286 e. The third-order valence-corrected chi connectivity index (χ3v) is 3.50. The van der Waals surface area contributed by atoms with Crippen LogP contribution in [0.3, 0.4) is 0 Å². The predicted molar refractivity (Wildman–Crippen MR) is 69.6 cm³/mol. The Balaban J connectivity index is 1.91. The van der Waals surface area contributed by atoms with Crippen LogP contribution in [0.1, 0.15) is 6.42 Å². The lowest BCUT2D eigenvalue weighted by Crippen LogP contribution is -2.27. The average molecular weight is 285 g/mol. The molecule has 2 N–H and O–H groups in total. The molecule has 1 aromatic rings. The van der Waals surface area contributed by atoms with Crippen molar-refractivity contribution in [1.82, 2.24) is 5.32 Å². The summed E-state index contributed by atoms with van der Waals surface area (Å²) in [6.45, 7) is 0. The maximum absolute atomic E-state index is 11.7. The molecule has 7 heteroatoms. The monoisotopic (exact) mass is 284 g/mol. The molecule has 0 spiro atoms. The lowest BCUT2D eigenvalue weighted by Gasteiger charge is -2.07. The summed E-state index contributed by atoms with van der Waals surface area (Å²) >= 11 is 6.55. The van der Waals surface area contributed by atoms with Crippen molar-refractivity contribution in [2.45, 2.75) is 11.7 Å². The van der Waals surface area contributed by atoms with Gasteiger partial charge < -0.3 is 5.32 Å². The Kier molecular flexibility index (Phi) is 3.88. The van der Waals surface area contributed by atoms with Gasteiger partial charge in [0.1, 0.15) is 5.25 Å². The summed E-state index contributed by atoms with van der Waals surface area (Å²) in [5.41, 5.74) is 0.596. The normalized spacial score (nSPS) is 18.6. The number of hydrogen-bond donors (Lipinski definition) is 2. The molecule has 5 nitrogen and oxygen atoms in total. The highest BCUT2D eigenvalue weighted by molar-refractivity contribution is 8.15. The van der Waals surface area contributed by atoms with E-state index in [-0.39, 0.29) is 12.3 Å². The lowest BCUT2D eigenvalue weighted by atomic mass is 10.2. The SMILES string of the molecule is O=C(C[C@H]1SC(=O)NC1=O)Nc1ccc(Cl)cc1. The summed E-state index contributed by atoms with van der Waals surface area (Å²) < 4.78 is 0. The van der Waals surface area contributed by atoms with Gasteiger partial charge in [0.25, 0.3) is 5.24 Å². The third kappa shape index (κ3) is 3.24. The molecule has 0 saturated carbocycles. The Labute approximate surface area is 112 Å². The molecule has 1 aliphatic rings. The minimum absolute atomic E-state index is 0.0368. The first-order chi connectivity index (χ1) is 8.54. The van der Waals surface area contributed by atoms with Crippen molar-refractivity contribution in [2.75, 3.05) is 5.32 Å². The summed E-state index contributed by atoms with van der Waals surface area (Å²) in [6.07, 6.45) is -0.0368. The molecular formula is C11H9ClN2O3S. The number of nitrogens with one attached hydrogen (secondary N) is 2. The Hall–Kier alpha value is -1.53. The molecular weight excluding hydrogens is 276 g/mol. The van der Waals surface area contributed by atoms with Crippen LogP contribution in [0.4, 0.5) is 10.5 Å². The van der Waals surface area contributed by atoms with Crippen molar-refractivity contribution >= 4 is 46.1 Å². The maximum Gasteiger partial charge on any atom is 0.286 e. The number of thioether (sulfide) groups is 1. The first kappa shape index (κ1) is 12.9. The van der Waals surface area contributed by atoms with Gasteiger partial charge >= 0.3 is 0 Å². The fourth-order valence-electron chi connectivity index (χ4n) is 1.44. The van der Waals surface area contributed by atoms with Gasteiger partial charge in [0.05, 0.1) is 0 Å². The fraction of sp³-hybridized carbons (Fsp3) is 0.182. The van der Waals surface area contributed by atoms with E-state index in [1.54, 1.807) is 24.3 Å². The van der Waals surface area contributed by atoms with Gasteiger partial charge in [0, 0.05) is 17.1 Å². The highest BCUT2D eigenvalue weighted by atomic mass is 35.5. The van der Waals surface area contributed by atoms with Gasteiger partial charge in [0.15, 0.2) is 0 Å². The molecule has 1 aliphatic heterocycles. The summed E-state index contributed by atoms with van der Waals surface area (Å²) in [6, 6.07) is 6.62. The minimum Gasteiger partial charge on any atom is -0.326 e. The van der Waals surface area contributed by atoms with E-state index in [1.165, 1.54) is 0 Å². The van der Waals surface area contributed by atoms with Crippen molar-refractivity contribution in [3.05, 3.63) is 29.3 Å². The minimum atomic E-state index is -0.648. The van der Waals surface area contributed by atoms with Crippen LogP contribution in [0, 0.1) is 0 Å². The van der Waals surface area contributed by atoms with E-state index in [1.807, 2.05) is 0 Å². The van der Waals surface area contributed by atoms with Crippen LogP contribution in [-0.4, -0.2) is 22.3 Å². The zero-order chi connectivity index (χ0) is 13.1. The van der Waals surface area contributed by atoms with E-state index in [9.17, 15) is 14.4 Å². The zero-order valence-corrected chi connectivity index (χ0v) is 10.7. The molecule has 0 unspecified atom stereocenters. The van der Waals surface area contributed by atoms with Gasteiger partial charge in [-0.05, 0) is 24.3 Å². The molecule has 1 aromatic carbocycles. The van der Waals surface area contributed by atoms with Crippen LogP contribution in [0.25, 0.3) is 0 Å². The van der Waals surface area contributed by atoms with Gasteiger partial charge in [0.2, 0.25) is 11.8 Å². The highest BCUT2D eigenvalue weighted by Crippen LogP contribution is 2.22. The van der Waals surface area contributed by atoms with Crippen LogP contribution in [0.2, 0.25) is 5.02 Å². The number of amides is 3. The zero-order valence-electron chi connectivity index (χ0n) is 9.10. The molecule has 0 radical (unpaired) electrons. The molecule has 18 heavy (non-hydrogen) atoms. The van der Waals surface area contributed by atoms with Gasteiger partial charge in [-0.3, -0.25) is 19.7 Å². The molecule has 0 aromatic heterocycles. The van der Waals surface area contributed by atoms with Crippen molar-refractivity contribution in [1.29, 1.82) is 0 Å². The molecule has 2 rings (SSSR count). The summed E-state index contributed by atoms with van der Waals surface area (Å²) in [4.78, 5) is 33.8. The van der Waals surface area contributed by atoms with Crippen LogP contribution >= 0.6 is 23.4 Å². The lowest BCUT2D eigenvalue weighted by molar-refractivity contribution is -0.122. The molecule has 94 valence electrons. The Morgan fingerprint density at radius 2 is 2.00 bits per heavy atom. The first-order valence-corrected chi connectivity index (χ1v) is 6.37. The number of rotatable bonds is 3. The number of carbonyl (C=O) groups is 3. The van der Waals surface area contributed by atoms with Crippen molar-refractivity contribution in [3.63, 3.8) is 0 Å². The van der Waals surface area contributed by atoms with Gasteiger partial charge in [-0.25, -0.2) is 0 Å². The molecule has 1 saturated heterocycles. The second kappa shape index (κ2) is 5.41. The van der Waals surface area contributed by atoms with Crippen LogP contribution in [-0.2, 0) is 9.59 Å². The Morgan fingerprint density at radius 3 is 2.56 bits per heavy atom. The Morgan fingerprint density at radius 1 is 1.33 bits per heavy atom. The second-order valence-corrected chi connectivity index (χ2v) is 5.25. The summed E-state index contributed by atoms with van der Waals surface area (Å²) in [5.74, 6) is -0.740. The largest absolute Gasteiger partial charge is 0.326 e. The Bertz CT molecular complexity index is 504. The molecule has 0 bridgehead atoms. The second-order valence-electron chi connectivity index (χ2n) is 3.64. The maximum atomic E-state index is 11.7. The standard InChI is InChI=1S/C11H9ClN2O3S/c12-6-1-3-7(4-2-6)13-9(15)5-8-10(16)14-11(17)18-8/h1-4,8H,5H2,(H,13,15)(H,14,16,17)/t8-/m1/s1. The molecule has 1 atom stereocenters. The van der Waals surface area contributed by atoms with Gasteiger partial charge in [-0.1, -0.05) is 23.4 Å². The molecule has 1 heterocycles. The molecule has 0 aliphatic carbocycles.